The van der Waals surface area contributed by atoms with Crippen LogP contribution in [0.1, 0.15) is 39.5 Å². The first kappa shape index (κ1) is 11.2. The third-order valence-corrected chi connectivity index (χ3v) is 2.94. The third-order valence-electron chi connectivity index (χ3n) is 2.94. The van der Waals surface area contributed by atoms with E-state index in [2.05, 4.69) is 0 Å². The van der Waals surface area contributed by atoms with Gasteiger partial charge in [0.15, 0.2) is 5.78 Å². The molecule has 0 amide bonds. The predicted octanol–water partition coefficient (Wildman–Crippen LogP) is 1.77. The summed E-state index contributed by atoms with van der Waals surface area (Å²) in [6, 6.07) is 0. The fraction of sp³-hybridized carbons (Fsp3) is 0.727. The first-order chi connectivity index (χ1) is 6.64. The molecule has 2 N–H and O–H groups in total. The quantitative estimate of drug-likeness (QED) is 0.747. The second kappa shape index (κ2) is 4.60. The van der Waals surface area contributed by atoms with E-state index in [1.54, 1.807) is 6.26 Å². The minimum absolute atomic E-state index is 0.0576. The second-order valence-electron chi connectivity index (χ2n) is 3.81. The van der Waals surface area contributed by atoms with Crippen LogP contribution in [-0.4, -0.2) is 17.9 Å². The van der Waals surface area contributed by atoms with Crippen molar-refractivity contribution < 1.29 is 9.53 Å². The highest BCUT2D eigenvalue weighted by atomic mass is 16.5. The standard InChI is InChI=1S/C11H19NO2/c1-3-11(12,4-2)10(13)9-6-5-7-14-8-9/h8H,3-7,12H2,1-2H3. The molecule has 0 aromatic heterocycles. The van der Waals surface area contributed by atoms with Crippen molar-refractivity contribution in [3.05, 3.63) is 11.8 Å². The summed E-state index contributed by atoms with van der Waals surface area (Å²) in [7, 11) is 0. The first-order valence-corrected chi connectivity index (χ1v) is 5.28. The lowest BCUT2D eigenvalue weighted by atomic mass is 9.84. The summed E-state index contributed by atoms with van der Waals surface area (Å²) in [6.07, 6.45) is 4.66. The molecule has 0 unspecified atom stereocenters. The SMILES string of the molecule is CCC(N)(CC)C(=O)C1=COCCC1. The highest BCUT2D eigenvalue weighted by molar-refractivity contribution is 6.02. The molecule has 0 aliphatic carbocycles. The van der Waals surface area contributed by atoms with Gasteiger partial charge in [-0.25, -0.2) is 0 Å². The molecule has 3 heteroatoms. The molecule has 3 nitrogen and oxygen atoms in total. The summed E-state index contributed by atoms with van der Waals surface area (Å²) in [6.45, 7) is 4.61. The number of hydrogen-bond acceptors (Lipinski definition) is 3. The van der Waals surface area contributed by atoms with E-state index in [1.165, 1.54) is 0 Å². The summed E-state index contributed by atoms with van der Waals surface area (Å²) in [5.74, 6) is 0.0576. The summed E-state index contributed by atoms with van der Waals surface area (Å²) in [5, 5.41) is 0. The Morgan fingerprint density at radius 3 is 2.64 bits per heavy atom. The molecule has 1 heterocycles. The second-order valence-corrected chi connectivity index (χ2v) is 3.81. The molecule has 1 aliphatic rings. The van der Waals surface area contributed by atoms with Crippen LogP contribution < -0.4 is 5.73 Å². The van der Waals surface area contributed by atoms with E-state index in [0.717, 1.165) is 18.4 Å². The molecule has 0 fully saturated rings. The van der Waals surface area contributed by atoms with E-state index in [1.807, 2.05) is 13.8 Å². The molecule has 1 aliphatic heterocycles. The van der Waals surface area contributed by atoms with Crippen LogP contribution in [0, 0.1) is 0 Å². The zero-order valence-corrected chi connectivity index (χ0v) is 9.01. The predicted molar refractivity (Wildman–Crippen MR) is 55.8 cm³/mol. The van der Waals surface area contributed by atoms with Crippen LogP contribution in [0.4, 0.5) is 0 Å². The molecule has 0 radical (unpaired) electrons. The fourth-order valence-electron chi connectivity index (χ4n) is 1.62. The number of carbonyl (C=O) groups is 1. The number of hydrogen-bond donors (Lipinski definition) is 1. The van der Waals surface area contributed by atoms with Gasteiger partial charge in [-0.2, -0.15) is 0 Å². The number of rotatable bonds is 4. The number of nitrogens with two attached hydrogens (primary N) is 1. The maximum atomic E-state index is 12.0. The van der Waals surface area contributed by atoms with Crippen LogP contribution in [0.2, 0.25) is 0 Å². The maximum Gasteiger partial charge on any atom is 0.181 e. The Balaban J connectivity index is 2.76. The molecular formula is C11H19NO2. The molecule has 14 heavy (non-hydrogen) atoms. The van der Waals surface area contributed by atoms with Crippen molar-refractivity contribution in [3.63, 3.8) is 0 Å². The summed E-state index contributed by atoms with van der Waals surface area (Å²) in [5.41, 5.74) is 6.09. The van der Waals surface area contributed by atoms with Gasteiger partial charge >= 0.3 is 0 Å². The van der Waals surface area contributed by atoms with Crippen molar-refractivity contribution in [2.45, 2.75) is 45.1 Å². The molecule has 0 aromatic carbocycles. The van der Waals surface area contributed by atoms with E-state index in [4.69, 9.17) is 10.5 Å². The number of ketones is 1. The molecule has 0 atom stereocenters. The zero-order valence-electron chi connectivity index (χ0n) is 9.01. The van der Waals surface area contributed by atoms with E-state index < -0.39 is 5.54 Å². The van der Waals surface area contributed by atoms with E-state index >= 15 is 0 Å². The highest BCUT2D eigenvalue weighted by Gasteiger charge is 2.32. The smallest absolute Gasteiger partial charge is 0.181 e. The van der Waals surface area contributed by atoms with Crippen molar-refractivity contribution in [1.29, 1.82) is 0 Å². The van der Waals surface area contributed by atoms with Crippen LogP contribution in [-0.2, 0) is 9.53 Å². The molecule has 1 rings (SSSR count). The van der Waals surface area contributed by atoms with Crippen molar-refractivity contribution in [3.8, 4) is 0 Å². The first-order valence-electron chi connectivity index (χ1n) is 5.28. The van der Waals surface area contributed by atoms with Crippen molar-refractivity contribution in [2.75, 3.05) is 6.61 Å². The molecule has 80 valence electrons. The molecule has 0 saturated heterocycles. The van der Waals surface area contributed by atoms with Crippen LogP contribution in [0.5, 0.6) is 0 Å². The van der Waals surface area contributed by atoms with Crippen LogP contribution in [0.15, 0.2) is 11.8 Å². The lowest BCUT2D eigenvalue weighted by Crippen LogP contribution is -2.47. The monoisotopic (exact) mass is 197 g/mol. The molecule has 0 saturated carbocycles. The van der Waals surface area contributed by atoms with Crippen LogP contribution >= 0.6 is 0 Å². The minimum Gasteiger partial charge on any atom is -0.501 e. The van der Waals surface area contributed by atoms with E-state index in [9.17, 15) is 4.79 Å². The van der Waals surface area contributed by atoms with Crippen molar-refractivity contribution in [2.24, 2.45) is 5.73 Å². The Bertz CT molecular complexity index is 242. The summed E-state index contributed by atoms with van der Waals surface area (Å²) >= 11 is 0. The topological polar surface area (TPSA) is 52.3 Å². The van der Waals surface area contributed by atoms with Gasteiger partial charge in [0.05, 0.1) is 18.4 Å². The van der Waals surface area contributed by atoms with Crippen molar-refractivity contribution in [1.82, 2.24) is 0 Å². The molecule has 0 bridgehead atoms. The van der Waals surface area contributed by atoms with Gasteiger partial charge in [-0.1, -0.05) is 13.8 Å². The summed E-state index contributed by atoms with van der Waals surface area (Å²) < 4.78 is 5.15. The summed E-state index contributed by atoms with van der Waals surface area (Å²) in [4.78, 5) is 12.0. The normalized spacial score (nSPS) is 17.2. The molecule has 0 spiro atoms. The van der Waals surface area contributed by atoms with Gasteiger partial charge in [0.1, 0.15) is 0 Å². The average molecular weight is 197 g/mol. The van der Waals surface area contributed by atoms with Crippen LogP contribution in [0.25, 0.3) is 0 Å². The molecule has 0 aromatic rings. The lowest BCUT2D eigenvalue weighted by molar-refractivity contribution is -0.121. The van der Waals surface area contributed by atoms with Gasteiger partial charge in [0, 0.05) is 5.57 Å². The lowest BCUT2D eigenvalue weighted by Gasteiger charge is -2.27. The Morgan fingerprint density at radius 2 is 2.21 bits per heavy atom. The Kier molecular flexibility index (Phi) is 3.69. The van der Waals surface area contributed by atoms with Crippen molar-refractivity contribution >= 4 is 5.78 Å². The largest absolute Gasteiger partial charge is 0.501 e. The van der Waals surface area contributed by atoms with Gasteiger partial charge in [-0.15, -0.1) is 0 Å². The third kappa shape index (κ3) is 2.15. The van der Waals surface area contributed by atoms with Gasteiger partial charge in [-0.3, -0.25) is 4.79 Å². The van der Waals surface area contributed by atoms with Gasteiger partial charge in [0.25, 0.3) is 0 Å². The minimum atomic E-state index is -0.688. The highest BCUT2D eigenvalue weighted by Crippen LogP contribution is 2.22. The maximum absolute atomic E-state index is 12.0. The van der Waals surface area contributed by atoms with E-state index in [0.29, 0.717) is 19.4 Å². The van der Waals surface area contributed by atoms with Crippen LogP contribution in [0.3, 0.4) is 0 Å². The Hall–Kier alpha value is -0.830. The number of Topliss-reactive ketones (excluding diaryl/α,β-unsaturated/α-hetero) is 1. The van der Waals surface area contributed by atoms with Gasteiger partial charge in [0.2, 0.25) is 0 Å². The van der Waals surface area contributed by atoms with Gasteiger partial charge in [-0.05, 0) is 25.7 Å². The van der Waals surface area contributed by atoms with E-state index in [-0.39, 0.29) is 5.78 Å². The average Bonchev–Trinajstić information content (AvgIpc) is 2.28. The fourth-order valence-corrected chi connectivity index (χ4v) is 1.62. The number of carbonyl (C=O) groups excluding carboxylic acids is 1. The number of ether oxygens (including phenoxy) is 1. The Morgan fingerprint density at radius 1 is 1.57 bits per heavy atom. The van der Waals surface area contributed by atoms with Gasteiger partial charge < -0.3 is 10.5 Å². The molecular weight excluding hydrogens is 178 g/mol. The zero-order chi connectivity index (χ0) is 10.6. The Labute approximate surface area is 85.3 Å².